The molecule has 1 aromatic heterocycles. The third-order valence-corrected chi connectivity index (χ3v) is 4.78. The second-order valence-corrected chi connectivity index (χ2v) is 6.69. The minimum Gasteiger partial charge on any atom is -0.340 e. The first-order valence-electron chi connectivity index (χ1n) is 5.80. The fourth-order valence-corrected chi connectivity index (χ4v) is 3.53. The van der Waals surface area contributed by atoms with E-state index in [2.05, 4.69) is 14.9 Å². The molecule has 0 saturated heterocycles. The Labute approximate surface area is 131 Å². The quantitative estimate of drug-likeness (QED) is 0.847. The number of nitrogens with two attached hydrogens (primary N) is 1. The Morgan fingerprint density at radius 3 is 2.67 bits per heavy atom. The van der Waals surface area contributed by atoms with Gasteiger partial charge in [0.25, 0.3) is 0 Å². The van der Waals surface area contributed by atoms with Crippen LogP contribution in [0, 0.1) is 6.92 Å². The highest BCUT2D eigenvalue weighted by Gasteiger charge is 2.21. The van der Waals surface area contributed by atoms with Crippen LogP contribution in [-0.2, 0) is 23.1 Å². The van der Waals surface area contributed by atoms with Gasteiger partial charge in [-0.25, -0.2) is 13.1 Å². The number of aryl methyl sites for hydroxylation is 1. The molecule has 0 amide bonds. The van der Waals surface area contributed by atoms with Crippen LogP contribution in [-0.4, -0.2) is 18.6 Å². The maximum absolute atomic E-state index is 12.3. The van der Waals surface area contributed by atoms with Gasteiger partial charge in [0, 0.05) is 18.5 Å². The van der Waals surface area contributed by atoms with Crippen molar-refractivity contribution in [3.8, 4) is 0 Å². The molecule has 2 aromatic rings. The van der Waals surface area contributed by atoms with Gasteiger partial charge in [-0.3, -0.25) is 0 Å². The van der Waals surface area contributed by atoms with Crippen LogP contribution in [0.15, 0.2) is 21.6 Å². The molecule has 0 fully saturated rings. The Hall–Kier alpha value is -1.19. The average Bonchev–Trinajstić information content (AvgIpc) is 2.84. The fourth-order valence-electron chi connectivity index (χ4n) is 1.61. The minimum absolute atomic E-state index is 0.0405. The van der Waals surface area contributed by atoms with Gasteiger partial charge in [0.15, 0.2) is 5.82 Å². The van der Waals surface area contributed by atoms with Crippen LogP contribution in [0.3, 0.4) is 0 Å². The Kier molecular flexibility index (Phi) is 4.84. The summed E-state index contributed by atoms with van der Waals surface area (Å²) in [6.07, 6.45) is 0. The van der Waals surface area contributed by atoms with Crippen LogP contribution in [0.1, 0.15) is 17.3 Å². The number of halogens is 2. The van der Waals surface area contributed by atoms with Gasteiger partial charge in [0.1, 0.15) is 4.90 Å². The maximum atomic E-state index is 12.3. The highest BCUT2D eigenvalue weighted by Crippen LogP contribution is 2.29. The molecule has 0 bridgehead atoms. The molecule has 3 N–H and O–H groups in total. The third-order valence-electron chi connectivity index (χ3n) is 2.58. The van der Waals surface area contributed by atoms with Crippen molar-refractivity contribution in [2.24, 2.45) is 5.73 Å². The molecule has 0 saturated carbocycles. The van der Waals surface area contributed by atoms with Crippen LogP contribution in [0.25, 0.3) is 0 Å². The molecule has 0 spiro atoms. The second kappa shape index (κ2) is 6.29. The summed E-state index contributed by atoms with van der Waals surface area (Å²) in [5.74, 6) is 0.559. The van der Waals surface area contributed by atoms with Crippen LogP contribution in [0.5, 0.6) is 0 Å². The first-order chi connectivity index (χ1) is 9.83. The lowest BCUT2D eigenvalue weighted by molar-refractivity contribution is 0.387. The summed E-state index contributed by atoms with van der Waals surface area (Å²) in [6, 6.07) is 2.78. The maximum Gasteiger partial charge on any atom is 0.242 e. The van der Waals surface area contributed by atoms with Gasteiger partial charge < -0.3 is 10.3 Å². The largest absolute Gasteiger partial charge is 0.340 e. The van der Waals surface area contributed by atoms with Gasteiger partial charge in [0.2, 0.25) is 15.9 Å². The summed E-state index contributed by atoms with van der Waals surface area (Å²) in [5.41, 5.74) is 5.95. The van der Waals surface area contributed by atoms with E-state index in [1.54, 1.807) is 6.92 Å². The molecule has 0 unspecified atom stereocenters. The molecule has 21 heavy (non-hydrogen) atoms. The molecular formula is C11H12Cl2N4O3S. The molecule has 2 rings (SSSR count). The zero-order valence-corrected chi connectivity index (χ0v) is 13.3. The van der Waals surface area contributed by atoms with Gasteiger partial charge in [-0.15, -0.1) is 0 Å². The molecule has 7 nitrogen and oxygen atoms in total. The first-order valence-corrected chi connectivity index (χ1v) is 8.04. The number of nitrogens with one attached hydrogen (secondary N) is 1. The number of hydrogen-bond donors (Lipinski definition) is 2. The van der Waals surface area contributed by atoms with Crippen molar-refractivity contribution in [3.05, 3.63) is 39.5 Å². The summed E-state index contributed by atoms with van der Waals surface area (Å²) in [7, 11) is -3.88. The Balaban J connectivity index is 2.29. The Morgan fingerprint density at radius 1 is 1.38 bits per heavy atom. The molecule has 1 heterocycles. The molecule has 0 aliphatic heterocycles. The first kappa shape index (κ1) is 16.2. The standard InChI is InChI=1S/C11H12Cl2N4O3S/c1-6-16-10(17-20-6)5-15-21(18,19)9-3-8(12)2-7(4-14)11(9)13/h2-3,15H,4-5,14H2,1H3. The van der Waals surface area contributed by atoms with Gasteiger partial charge in [-0.1, -0.05) is 28.4 Å². The SMILES string of the molecule is Cc1nc(CNS(=O)(=O)c2cc(Cl)cc(CN)c2Cl)no1. The van der Waals surface area contributed by atoms with E-state index in [0.717, 1.165) is 0 Å². The van der Waals surface area contributed by atoms with E-state index in [9.17, 15) is 8.42 Å². The topological polar surface area (TPSA) is 111 Å². The van der Waals surface area contributed by atoms with Crippen LogP contribution >= 0.6 is 23.2 Å². The summed E-state index contributed by atoms with van der Waals surface area (Å²) < 4.78 is 31.6. The van der Waals surface area contributed by atoms with Crippen molar-refractivity contribution < 1.29 is 12.9 Å². The molecule has 10 heteroatoms. The average molecular weight is 351 g/mol. The highest BCUT2D eigenvalue weighted by atomic mass is 35.5. The molecule has 0 radical (unpaired) electrons. The van der Waals surface area contributed by atoms with Crippen molar-refractivity contribution in [2.75, 3.05) is 0 Å². The van der Waals surface area contributed by atoms with E-state index in [1.165, 1.54) is 12.1 Å². The zero-order chi connectivity index (χ0) is 15.6. The highest BCUT2D eigenvalue weighted by molar-refractivity contribution is 7.89. The minimum atomic E-state index is -3.88. The fraction of sp³-hybridized carbons (Fsp3) is 0.273. The lowest BCUT2D eigenvalue weighted by Gasteiger charge is -2.10. The Morgan fingerprint density at radius 2 is 2.10 bits per heavy atom. The van der Waals surface area contributed by atoms with Crippen molar-refractivity contribution in [3.63, 3.8) is 0 Å². The summed E-state index contributed by atoms with van der Waals surface area (Å²) in [6.45, 7) is 1.55. The summed E-state index contributed by atoms with van der Waals surface area (Å²) in [4.78, 5) is 3.76. The van der Waals surface area contributed by atoms with Crippen LogP contribution < -0.4 is 10.5 Å². The zero-order valence-electron chi connectivity index (χ0n) is 10.9. The van der Waals surface area contributed by atoms with Crippen molar-refractivity contribution in [2.45, 2.75) is 24.9 Å². The van der Waals surface area contributed by atoms with E-state index in [-0.39, 0.29) is 33.9 Å². The third kappa shape index (κ3) is 3.72. The molecule has 114 valence electrons. The predicted octanol–water partition coefficient (Wildman–Crippen LogP) is 1.62. The number of sulfonamides is 1. The predicted molar refractivity (Wildman–Crippen MR) is 77.4 cm³/mol. The van der Waals surface area contributed by atoms with E-state index in [0.29, 0.717) is 11.5 Å². The van der Waals surface area contributed by atoms with Gasteiger partial charge in [-0.05, 0) is 17.7 Å². The van der Waals surface area contributed by atoms with Crippen LogP contribution in [0.2, 0.25) is 10.0 Å². The number of hydrogen-bond acceptors (Lipinski definition) is 6. The molecule has 1 aromatic carbocycles. The van der Waals surface area contributed by atoms with Gasteiger partial charge in [0.05, 0.1) is 11.6 Å². The smallest absolute Gasteiger partial charge is 0.242 e. The van der Waals surface area contributed by atoms with E-state index in [4.69, 9.17) is 33.5 Å². The molecular weight excluding hydrogens is 339 g/mol. The number of benzene rings is 1. The van der Waals surface area contributed by atoms with Crippen molar-refractivity contribution >= 4 is 33.2 Å². The second-order valence-electron chi connectivity index (χ2n) is 4.14. The van der Waals surface area contributed by atoms with E-state index >= 15 is 0 Å². The van der Waals surface area contributed by atoms with Crippen molar-refractivity contribution in [1.29, 1.82) is 0 Å². The monoisotopic (exact) mass is 350 g/mol. The lowest BCUT2D eigenvalue weighted by atomic mass is 10.2. The lowest BCUT2D eigenvalue weighted by Crippen LogP contribution is -2.24. The number of aromatic nitrogens is 2. The summed E-state index contributed by atoms with van der Waals surface area (Å²) >= 11 is 11.9. The molecule has 0 aliphatic rings. The van der Waals surface area contributed by atoms with Crippen LogP contribution in [0.4, 0.5) is 0 Å². The van der Waals surface area contributed by atoms with E-state index in [1.807, 2.05) is 0 Å². The Bertz CT molecular complexity index is 761. The summed E-state index contributed by atoms with van der Waals surface area (Å²) in [5, 5.41) is 3.87. The number of rotatable bonds is 5. The van der Waals surface area contributed by atoms with E-state index < -0.39 is 10.0 Å². The molecule has 0 atom stereocenters. The number of nitrogens with zero attached hydrogens (tertiary/aromatic N) is 2. The van der Waals surface area contributed by atoms with Gasteiger partial charge >= 0.3 is 0 Å². The normalized spacial score (nSPS) is 11.8. The van der Waals surface area contributed by atoms with Crippen molar-refractivity contribution in [1.82, 2.24) is 14.9 Å². The van der Waals surface area contributed by atoms with Gasteiger partial charge in [-0.2, -0.15) is 4.98 Å². The molecule has 0 aliphatic carbocycles.